The molecule has 0 spiro atoms. The van der Waals surface area contributed by atoms with Gasteiger partial charge in [-0.3, -0.25) is 4.90 Å². The lowest BCUT2D eigenvalue weighted by Gasteiger charge is -2.36. The molecule has 1 aliphatic rings. The van der Waals surface area contributed by atoms with Crippen LogP contribution in [0, 0.1) is 0 Å². The van der Waals surface area contributed by atoms with Crippen LogP contribution in [0.2, 0.25) is 0 Å². The van der Waals surface area contributed by atoms with Gasteiger partial charge in [-0.15, -0.1) is 0 Å². The summed E-state index contributed by atoms with van der Waals surface area (Å²) in [5.41, 5.74) is 1.14. The first kappa shape index (κ1) is 14.6. The van der Waals surface area contributed by atoms with Crippen molar-refractivity contribution in [3.8, 4) is 11.5 Å². The minimum Gasteiger partial charge on any atom is -0.503 e. The summed E-state index contributed by atoms with van der Waals surface area (Å²) < 4.78 is 5.87. The van der Waals surface area contributed by atoms with Crippen LogP contribution in [0.25, 0.3) is 0 Å². The van der Waals surface area contributed by atoms with E-state index in [0.29, 0.717) is 22.3 Å². The van der Waals surface area contributed by atoms with Crippen molar-refractivity contribution in [3.05, 3.63) is 22.2 Å². The van der Waals surface area contributed by atoms with Gasteiger partial charge in [-0.1, -0.05) is 0 Å². The number of nitrogens with one attached hydrogen (secondary N) is 1. The molecule has 0 saturated carbocycles. The molecule has 0 amide bonds. The van der Waals surface area contributed by atoms with Crippen LogP contribution in [-0.2, 0) is 6.54 Å². The minimum atomic E-state index is 0.160. The molecular weight excluding hydrogens is 308 g/mol. The van der Waals surface area contributed by atoms with Crippen molar-refractivity contribution in [3.63, 3.8) is 0 Å². The number of phenolic OH excluding ortho intramolecular Hbond substituents is 1. The second-order valence-electron chi connectivity index (χ2n) is 5.29. The molecule has 0 aromatic heterocycles. The third-order valence-electron chi connectivity index (χ3n) is 3.35. The average molecular weight is 329 g/mol. The second kappa shape index (κ2) is 6.11. The Bertz CT molecular complexity index is 443. The summed E-state index contributed by atoms with van der Waals surface area (Å²) in [6, 6.07) is 4.87. The van der Waals surface area contributed by atoms with E-state index in [1.807, 2.05) is 12.1 Å². The lowest BCUT2D eigenvalue weighted by Crippen LogP contribution is -2.53. The van der Waals surface area contributed by atoms with Crippen LogP contribution in [0.4, 0.5) is 0 Å². The zero-order valence-electron chi connectivity index (χ0n) is 11.6. The predicted molar refractivity (Wildman–Crippen MR) is 79.7 cm³/mol. The van der Waals surface area contributed by atoms with Crippen LogP contribution in [0.3, 0.4) is 0 Å². The summed E-state index contributed by atoms with van der Waals surface area (Å²) in [6.07, 6.45) is 0. The molecule has 1 aromatic rings. The van der Waals surface area contributed by atoms with E-state index in [-0.39, 0.29) is 5.75 Å². The van der Waals surface area contributed by atoms with Crippen molar-refractivity contribution in [1.82, 2.24) is 10.2 Å². The van der Waals surface area contributed by atoms with E-state index in [1.165, 1.54) is 0 Å². The number of ether oxygens (including phenoxy) is 1. The quantitative estimate of drug-likeness (QED) is 0.894. The third kappa shape index (κ3) is 3.61. The number of benzene rings is 1. The fourth-order valence-electron chi connectivity index (χ4n) is 2.70. The topological polar surface area (TPSA) is 44.7 Å². The number of phenols is 1. The van der Waals surface area contributed by atoms with Gasteiger partial charge in [-0.25, -0.2) is 0 Å². The minimum absolute atomic E-state index is 0.160. The van der Waals surface area contributed by atoms with E-state index < -0.39 is 0 Å². The first-order chi connectivity index (χ1) is 8.99. The Morgan fingerprint density at radius 3 is 2.58 bits per heavy atom. The molecule has 2 atom stereocenters. The highest BCUT2D eigenvalue weighted by atomic mass is 79.9. The summed E-state index contributed by atoms with van der Waals surface area (Å²) in [6.45, 7) is 7.34. The zero-order chi connectivity index (χ0) is 14.0. The van der Waals surface area contributed by atoms with Gasteiger partial charge in [0, 0.05) is 31.7 Å². The summed E-state index contributed by atoms with van der Waals surface area (Å²) in [5, 5.41) is 13.3. The van der Waals surface area contributed by atoms with Crippen molar-refractivity contribution >= 4 is 15.9 Å². The highest BCUT2D eigenvalue weighted by Gasteiger charge is 2.21. The summed E-state index contributed by atoms with van der Waals surface area (Å²) in [5.74, 6) is 0.675. The number of halogens is 1. The molecule has 4 nitrogen and oxygen atoms in total. The van der Waals surface area contributed by atoms with Gasteiger partial charge in [0.05, 0.1) is 11.6 Å². The third-order valence-corrected chi connectivity index (χ3v) is 3.95. The average Bonchev–Trinajstić information content (AvgIpc) is 2.32. The van der Waals surface area contributed by atoms with Crippen molar-refractivity contribution < 1.29 is 9.84 Å². The molecule has 2 rings (SSSR count). The van der Waals surface area contributed by atoms with E-state index in [4.69, 9.17) is 4.74 Å². The Balaban J connectivity index is 2.12. The number of methoxy groups -OCH3 is 1. The molecule has 1 saturated heterocycles. The lowest BCUT2D eigenvalue weighted by atomic mass is 10.1. The van der Waals surface area contributed by atoms with Crippen molar-refractivity contribution in [1.29, 1.82) is 0 Å². The Labute approximate surface area is 122 Å². The van der Waals surface area contributed by atoms with Crippen LogP contribution >= 0.6 is 15.9 Å². The predicted octanol–water partition coefficient (Wildman–Crippen LogP) is 2.35. The molecular formula is C14H21BrN2O2. The zero-order valence-corrected chi connectivity index (χ0v) is 13.2. The Morgan fingerprint density at radius 1 is 1.37 bits per heavy atom. The molecule has 19 heavy (non-hydrogen) atoms. The number of nitrogens with zero attached hydrogens (tertiary/aromatic N) is 1. The SMILES string of the molecule is COc1cc(CN2CC(C)NC(C)C2)cc(Br)c1O. The van der Waals surface area contributed by atoms with E-state index in [1.54, 1.807) is 7.11 Å². The molecule has 1 aliphatic heterocycles. The maximum Gasteiger partial charge on any atom is 0.172 e. The van der Waals surface area contributed by atoms with Crippen molar-refractivity contribution in [2.45, 2.75) is 32.5 Å². The van der Waals surface area contributed by atoms with Crippen LogP contribution in [0.15, 0.2) is 16.6 Å². The number of hydrogen-bond acceptors (Lipinski definition) is 4. The van der Waals surface area contributed by atoms with Gasteiger partial charge >= 0.3 is 0 Å². The lowest BCUT2D eigenvalue weighted by molar-refractivity contribution is 0.166. The maximum absolute atomic E-state index is 9.82. The Kier molecular flexibility index (Phi) is 4.71. The van der Waals surface area contributed by atoms with Gasteiger partial charge in [-0.05, 0) is 47.5 Å². The fraction of sp³-hybridized carbons (Fsp3) is 0.571. The van der Waals surface area contributed by atoms with Crippen molar-refractivity contribution in [2.24, 2.45) is 0 Å². The summed E-state index contributed by atoms with van der Waals surface area (Å²) in [7, 11) is 1.57. The van der Waals surface area contributed by atoms with E-state index in [0.717, 1.165) is 25.2 Å². The summed E-state index contributed by atoms with van der Waals surface area (Å²) in [4.78, 5) is 2.42. The van der Waals surface area contributed by atoms with Crippen LogP contribution < -0.4 is 10.1 Å². The Hall–Kier alpha value is -0.780. The van der Waals surface area contributed by atoms with Gasteiger partial charge in [0.2, 0.25) is 0 Å². The summed E-state index contributed by atoms with van der Waals surface area (Å²) >= 11 is 3.37. The molecule has 2 N–H and O–H groups in total. The highest BCUT2D eigenvalue weighted by molar-refractivity contribution is 9.10. The molecule has 0 aliphatic carbocycles. The molecule has 1 fully saturated rings. The van der Waals surface area contributed by atoms with Crippen molar-refractivity contribution in [2.75, 3.05) is 20.2 Å². The Morgan fingerprint density at radius 2 is 2.00 bits per heavy atom. The number of aromatic hydroxyl groups is 1. The molecule has 0 bridgehead atoms. The first-order valence-corrected chi connectivity index (χ1v) is 7.32. The van der Waals surface area contributed by atoms with Crippen LogP contribution in [-0.4, -0.2) is 42.3 Å². The van der Waals surface area contributed by atoms with Gasteiger partial charge in [0.25, 0.3) is 0 Å². The fourth-order valence-corrected chi connectivity index (χ4v) is 3.19. The number of rotatable bonds is 3. The number of piperazine rings is 1. The van der Waals surface area contributed by atoms with E-state index in [2.05, 4.69) is 40.0 Å². The van der Waals surface area contributed by atoms with Crippen LogP contribution in [0.1, 0.15) is 19.4 Å². The molecule has 106 valence electrons. The van der Waals surface area contributed by atoms with E-state index >= 15 is 0 Å². The molecule has 2 unspecified atom stereocenters. The molecule has 1 aromatic carbocycles. The first-order valence-electron chi connectivity index (χ1n) is 6.53. The second-order valence-corrected chi connectivity index (χ2v) is 6.15. The van der Waals surface area contributed by atoms with Gasteiger partial charge in [-0.2, -0.15) is 0 Å². The van der Waals surface area contributed by atoms with Gasteiger partial charge in [0.1, 0.15) is 0 Å². The number of hydrogen-bond donors (Lipinski definition) is 2. The molecule has 1 heterocycles. The van der Waals surface area contributed by atoms with Gasteiger partial charge in [0.15, 0.2) is 11.5 Å². The monoisotopic (exact) mass is 328 g/mol. The normalized spacial score (nSPS) is 24.4. The highest BCUT2D eigenvalue weighted by Crippen LogP contribution is 2.35. The molecule has 0 radical (unpaired) electrons. The van der Waals surface area contributed by atoms with Crippen LogP contribution in [0.5, 0.6) is 11.5 Å². The largest absolute Gasteiger partial charge is 0.503 e. The van der Waals surface area contributed by atoms with E-state index in [9.17, 15) is 5.11 Å². The molecule has 5 heteroatoms. The standard InChI is InChI=1S/C14H21BrN2O2/c1-9-6-17(7-10(2)16-9)8-11-4-12(15)14(18)13(5-11)19-3/h4-5,9-10,16,18H,6-8H2,1-3H3. The van der Waals surface area contributed by atoms with Gasteiger partial charge < -0.3 is 15.2 Å². The maximum atomic E-state index is 9.82. The smallest absolute Gasteiger partial charge is 0.172 e.